The summed E-state index contributed by atoms with van der Waals surface area (Å²) < 4.78 is 10.3. The molecule has 0 saturated carbocycles. The Balaban J connectivity index is 2.11. The Labute approximate surface area is 113 Å². The van der Waals surface area contributed by atoms with Crippen LogP contribution in [0.3, 0.4) is 0 Å². The molecule has 1 aromatic carbocycles. The summed E-state index contributed by atoms with van der Waals surface area (Å²) in [5.74, 6) is 0.711. The normalized spacial score (nSPS) is 10.1. The molecule has 0 aliphatic carbocycles. The third kappa shape index (κ3) is 7.42. The van der Waals surface area contributed by atoms with Gasteiger partial charge < -0.3 is 19.9 Å². The molecule has 1 aromatic rings. The summed E-state index contributed by atoms with van der Waals surface area (Å²) in [6.07, 6.45) is 0.920. The Bertz CT molecular complexity index is 373. The van der Waals surface area contributed by atoms with Gasteiger partial charge in [0.2, 0.25) is 0 Å². The maximum Gasteiger partial charge on any atom is 0.174 e. The number of aliphatic hydroxyl groups is 1. The summed E-state index contributed by atoms with van der Waals surface area (Å²) in [6, 6.07) is 9.60. The van der Waals surface area contributed by atoms with Crippen molar-refractivity contribution < 1.29 is 14.6 Å². The minimum absolute atomic E-state index is 0.0748. The summed E-state index contributed by atoms with van der Waals surface area (Å²) in [5, 5.41) is 20.2. The molecular weight excluding hydrogens is 244 g/mol. The number of hydrogen-bond acceptors (Lipinski definition) is 5. The fourth-order valence-corrected chi connectivity index (χ4v) is 1.52. The molecule has 0 aromatic heterocycles. The maximum absolute atomic E-state index is 8.53. The predicted molar refractivity (Wildman–Crippen MR) is 71.8 cm³/mol. The van der Waals surface area contributed by atoms with Gasteiger partial charge in [-0.15, -0.1) is 0 Å². The molecule has 5 heteroatoms. The average Bonchev–Trinajstić information content (AvgIpc) is 2.45. The standard InChI is InChI=1S/C14H20N2O3/c15-6-10-19-14-4-2-13(3-5-14)12-16-7-1-9-18-11-8-17/h2-5,16-17H,1,7-12H2. The van der Waals surface area contributed by atoms with E-state index in [0.29, 0.717) is 19.0 Å². The summed E-state index contributed by atoms with van der Waals surface area (Å²) in [5.41, 5.74) is 1.17. The van der Waals surface area contributed by atoms with Gasteiger partial charge in [-0.25, -0.2) is 0 Å². The van der Waals surface area contributed by atoms with Gasteiger partial charge >= 0.3 is 0 Å². The summed E-state index contributed by atoms with van der Waals surface area (Å²) in [4.78, 5) is 0. The third-order valence-electron chi connectivity index (χ3n) is 2.43. The minimum Gasteiger partial charge on any atom is -0.479 e. The van der Waals surface area contributed by atoms with Gasteiger partial charge in [0.25, 0.3) is 0 Å². The number of ether oxygens (including phenoxy) is 2. The molecule has 0 saturated heterocycles. The summed E-state index contributed by atoms with van der Waals surface area (Å²) in [6.45, 7) is 2.88. The van der Waals surface area contributed by atoms with E-state index in [-0.39, 0.29) is 13.2 Å². The Morgan fingerprint density at radius 2 is 2.00 bits per heavy atom. The Hall–Kier alpha value is -1.61. The third-order valence-corrected chi connectivity index (χ3v) is 2.43. The van der Waals surface area contributed by atoms with Gasteiger partial charge in [-0.2, -0.15) is 5.26 Å². The number of aliphatic hydroxyl groups excluding tert-OH is 1. The summed E-state index contributed by atoms with van der Waals surface area (Å²) >= 11 is 0. The summed E-state index contributed by atoms with van der Waals surface area (Å²) in [7, 11) is 0. The van der Waals surface area contributed by atoms with E-state index in [1.165, 1.54) is 5.56 Å². The highest BCUT2D eigenvalue weighted by molar-refractivity contribution is 5.27. The first-order valence-electron chi connectivity index (χ1n) is 6.35. The lowest BCUT2D eigenvalue weighted by atomic mass is 10.2. The number of nitriles is 1. The smallest absolute Gasteiger partial charge is 0.174 e. The largest absolute Gasteiger partial charge is 0.479 e. The Morgan fingerprint density at radius 1 is 1.21 bits per heavy atom. The highest BCUT2D eigenvalue weighted by Crippen LogP contribution is 2.11. The molecule has 0 bridgehead atoms. The lowest BCUT2D eigenvalue weighted by Crippen LogP contribution is -2.16. The molecule has 0 heterocycles. The van der Waals surface area contributed by atoms with Gasteiger partial charge in [-0.1, -0.05) is 12.1 Å². The quantitative estimate of drug-likeness (QED) is 0.618. The number of benzene rings is 1. The van der Waals surface area contributed by atoms with Gasteiger partial charge in [0, 0.05) is 13.2 Å². The van der Waals surface area contributed by atoms with Crippen LogP contribution in [0.15, 0.2) is 24.3 Å². The first kappa shape index (κ1) is 15.4. The van der Waals surface area contributed by atoms with Crippen molar-refractivity contribution in [3.63, 3.8) is 0 Å². The van der Waals surface area contributed by atoms with Crippen LogP contribution >= 0.6 is 0 Å². The molecule has 0 unspecified atom stereocenters. The number of nitrogens with one attached hydrogen (secondary N) is 1. The molecule has 5 nitrogen and oxygen atoms in total. The fourth-order valence-electron chi connectivity index (χ4n) is 1.52. The molecule has 19 heavy (non-hydrogen) atoms. The van der Waals surface area contributed by atoms with Crippen molar-refractivity contribution in [1.29, 1.82) is 5.26 Å². The predicted octanol–water partition coefficient (Wildman–Crippen LogP) is 1.08. The molecule has 0 amide bonds. The molecule has 0 spiro atoms. The van der Waals surface area contributed by atoms with Crippen molar-refractivity contribution in [3.05, 3.63) is 29.8 Å². The first-order chi connectivity index (χ1) is 9.36. The number of rotatable bonds is 10. The van der Waals surface area contributed by atoms with E-state index in [4.69, 9.17) is 19.8 Å². The van der Waals surface area contributed by atoms with Crippen molar-refractivity contribution >= 4 is 0 Å². The van der Waals surface area contributed by atoms with Crippen LogP contribution in [0.1, 0.15) is 12.0 Å². The zero-order valence-electron chi connectivity index (χ0n) is 11.0. The highest BCUT2D eigenvalue weighted by atomic mass is 16.5. The van der Waals surface area contributed by atoms with Gasteiger partial charge in [-0.05, 0) is 30.7 Å². The average molecular weight is 264 g/mol. The zero-order valence-corrected chi connectivity index (χ0v) is 11.0. The van der Waals surface area contributed by atoms with Crippen LogP contribution in [0.25, 0.3) is 0 Å². The minimum atomic E-state index is 0.0748. The molecule has 0 fully saturated rings. The van der Waals surface area contributed by atoms with Gasteiger partial charge in [0.05, 0.1) is 13.2 Å². The molecule has 0 aliphatic heterocycles. The molecular formula is C14H20N2O3. The van der Waals surface area contributed by atoms with Crippen molar-refractivity contribution in [2.45, 2.75) is 13.0 Å². The molecule has 2 N–H and O–H groups in total. The zero-order chi connectivity index (χ0) is 13.8. The lowest BCUT2D eigenvalue weighted by Gasteiger charge is -2.06. The van der Waals surface area contributed by atoms with Crippen LogP contribution in [-0.2, 0) is 11.3 Å². The van der Waals surface area contributed by atoms with Crippen LogP contribution < -0.4 is 10.1 Å². The van der Waals surface area contributed by atoms with Crippen molar-refractivity contribution in [3.8, 4) is 11.8 Å². The Morgan fingerprint density at radius 3 is 2.68 bits per heavy atom. The van der Waals surface area contributed by atoms with Crippen molar-refractivity contribution in [2.24, 2.45) is 0 Å². The Kier molecular flexibility index (Phi) is 8.39. The van der Waals surface area contributed by atoms with Crippen LogP contribution in [0.5, 0.6) is 5.75 Å². The van der Waals surface area contributed by atoms with Crippen LogP contribution in [-0.4, -0.2) is 38.1 Å². The van der Waals surface area contributed by atoms with E-state index < -0.39 is 0 Å². The van der Waals surface area contributed by atoms with Gasteiger partial charge in [0.15, 0.2) is 6.61 Å². The van der Waals surface area contributed by atoms with E-state index in [9.17, 15) is 0 Å². The molecule has 0 aliphatic rings. The fraction of sp³-hybridized carbons (Fsp3) is 0.500. The molecule has 0 atom stereocenters. The molecule has 104 valence electrons. The van der Waals surface area contributed by atoms with Crippen molar-refractivity contribution in [2.75, 3.05) is 33.0 Å². The SMILES string of the molecule is N#CCOc1ccc(CNCCCOCCO)cc1. The first-order valence-corrected chi connectivity index (χ1v) is 6.35. The van der Waals surface area contributed by atoms with Crippen LogP contribution in [0.2, 0.25) is 0 Å². The molecule has 1 rings (SSSR count). The van der Waals surface area contributed by atoms with Gasteiger partial charge in [0.1, 0.15) is 11.8 Å². The van der Waals surface area contributed by atoms with Crippen molar-refractivity contribution in [1.82, 2.24) is 5.32 Å². The van der Waals surface area contributed by atoms with E-state index >= 15 is 0 Å². The second-order valence-electron chi connectivity index (χ2n) is 3.96. The van der Waals surface area contributed by atoms with Crippen LogP contribution in [0.4, 0.5) is 0 Å². The van der Waals surface area contributed by atoms with E-state index in [2.05, 4.69) is 5.32 Å². The molecule has 0 radical (unpaired) electrons. The van der Waals surface area contributed by atoms with Crippen LogP contribution in [0, 0.1) is 11.3 Å². The monoisotopic (exact) mass is 264 g/mol. The lowest BCUT2D eigenvalue weighted by molar-refractivity contribution is 0.0907. The van der Waals surface area contributed by atoms with Gasteiger partial charge in [-0.3, -0.25) is 0 Å². The topological polar surface area (TPSA) is 74.5 Å². The second-order valence-corrected chi connectivity index (χ2v) is 3.96. The maximum atomic E-state index is 8.53. The van der Waals surface area contributed by atoms with E-state index in [1.54, 1.807) is 0 Å². The second kappa shape index (κ2) is 10.3. The number of hydrogen-bond donors (Lipinski definition) is 2. The highest BCUT2D eigenvalue weighted by Gasteiger charge is 1.95. The van der Waals surface area contributed by atoms with E-state index in [0.717, 1.165) is 19.5 Å². The van der Waals surface area contributed by atoms with E-state index in [1.807, 2.05) is 30.3 Å². The number of nitrogens with zero attached hydrogens (tertiary/aromatic N) is 1.